The Kier molecular flexibility index (Phi) is 5.94. The second-order valence-corrected chi connectivity index (χ2v) is 8.93. The first-order valence-electron chi connectivity index (χ1n) is 8.22. The minimum atomic E-state index is -3.43. The number of carbonyl (C=O) groups is 1. The van der Waals surface area contributed by atoms with Gasteiger partial charge >= 0.3 is 0 Å². The highest BCUT2D eigenvalue weighted by Gasteiger charge is 2.40. The Hall–Kier alpha value is -1.11. The summed E-state index contributed by atoms with van der Waals surface area (Å²) in [6, 6.07) is 6.74. The van der Waals surface area contributed by atoms with Crippen molar-refractivity contribution < 1.29 is 13.2 Å². The summed E-state index contributed by atoms with van der Waals surface area (Å²) in [4.78, 5) is 12.8. The molecule has 3 N–H and O–H groups in total. The van der Waals surface area contributed by atoms with Crippen LogP contribution in [0.25, 0.3) is 0 Å². The van der Waals surface area contributed by atoms with Crippen molar-refractivity contribution in [3.8, 4) is 0 Å². The smallest absolute Gasteiger partial charge is 0.252 e. The van der Waals surface area contributed by atoms with Gasteiger partial charge in [-0.25, -0.2) is 8.42 Å². The number of hydrogen-bond donors (Lipinski definition) is 2. The summed E-state index contributed by atoms with van der Waals surface area (Å²) in [6.07, 6.45) is 6.37. The van der Waals surface area contributed by atoms with E-state index in [4.69, 9.17) is 5.73 Å². The monoisotopic (exact) mass is 372 g/mol. The van der Waals surface area contributed by atoms with E-state index in [2.05, 4.69) is 5.32 Å². The van der Waals surface area contributed by atoms with Crippen LogP contribution in [0.3, 0.4) is 0 Å². The topological polar surface area (TPSA) is 89.3 Å². The molecule has 2 aliphatic carbocycles. The van der Waals surface area contributed by atoms with Crippen LogP contribution in [0.5, 0.6) is 0 Å². The van der Waals surface area contributed by atoms with E-state index in [0.29, 0.717) is 11.8 Å². The molecule has 0 aliphatic heterocycles. The van der Waals surface area contributed by atoms with Crippen LogP contribution in [0.4, 0.5) is 0 Å². The summed E-state index contributed by atoms with van der Waals surface area (Å²) in [5.41, 5.74) is 6.36. The zero-order valence-corrected chi connectivity index (χ0v) is 15.4. The fraction of sp³-hybridized carbons (Fsp3) is 0.588. The van der Waals surface area contributed by atoms with Gasteiger partial charge in [-0.15, -0.1) is 12.4 Å². The van der Waals surface area contributed by atoms with Gasteiger partial charge in [-0.1, -0.05) is 18.6 Å². The van der Waals surface area contributed by atoms with Gasteiger partial charge < -0.3 is 11.1 Å². The Labute approximate surface area is 149 Å². The lowest BCUT2D eigenvalue weighted by Gasteiger charge is -2.45. The summed E-state index contributed by atoms with van der Waals surface area (Å²) in [7, 11) is -3.43. The van der Waals surface area contributed by atoms with Gasteiger partial charge in [0.25, 0.3) is 5.91 Å². The Balaban J connectivity index is 0.00000208. The van der Waals surface area contributed by atoms with Gasteiger partial charge in [0.05, 0.1) is 10.5 Å². The van der Waals surface area contributed by atoms with Crippen LogP contribution < -0.4 is 11.1 Å². The summed E-state index contributed by atoms with van der Waals surface area (Å²) in [5, 5.41) is 3.11. The van der Waals surface area contributed by atoms with Gasteiger partial charge in [-0.2, -0.15) is 0 Å². The molecule has 2 atom stereocenters. The maximum atomic E-state index is 12.7. The van der Waals surface area contributed by atoms with Crippen LogP contribution in [-0.4, -0.2) is 32.7 Å². The molecule has 0 aromatic heterocycles. The average Bonchev–Trinajstić information content (AvgIpc) is 2.47. The molecule has 5 nitrogen and oxygen atoms in total. The molecule has 1 amide bonds. The first kappa shape index (κ1) is 19.2. The lowest BCUT2D eigenvalue weighted by Crippen LogP contribution is -2.53. The third-order valence-electron chi connectivity index (χ3n) is 5.21. The van der Waals surface area contributed by atoms with Crippen LogP contribution in [0.2, 0.25) is 0 Å². The van der Waals surface area contributed by atoms with Gasteiger partial charge in [-0.3, -0.25) is 4.79 Å². The molecule has 2 unspecified atom stereocenters. The van der Waals surface area contributed by atoms with E-state index in [9.17, 15) is 13.2 Å². The van der Waals surface area contributed by atoms with E-state index in [1.54, 1.807) is 18.2 Å². The standard InChI is InChI=1S/C17H24N2O3S.ClH/c1-23(21,22)15-8-3-2-7-14(15)17(20)19-16-11-5-4-6-12(16)10-13(18)9-11;/h2-3,7-8,11-13,16H,4-6,9-10,18H2,1H3,(H,19,20);1H. The van der Waals surface area contributed by atoms with Crippen molar-refractivity contribution in [3.63, 3.8) is 0 Å². The fourth-order valence-corrected chi connectivity index (χ4v) is 5.12. The number of carbonyl (C=O) groups excluding carboxylic acids is 1. The quantitative estimate of drug-likeness (QED) is 0.850. The highest BCUT2D eigenvalue weighted by molar-refractivity contribution is 7.90. The number of halogens is 1. The van der Waals surface area contributed by atoms with Crippen LogP contribution in [0, 0.1) is 11.8 Å². The first-order chi connectivity index (χ1) is 10.9. The van der Waals surface area contributed by atoms with Gasteiger partial charge in [0.1, 0.15) is 0 Å². The summed E-state index contributed by atoms with van der Waals surface area (Å²) >= 11 is 0. The Morgan fingerprint density at radius 3 is 2.33 bits per heavy atom. The molecule has 2 saturated carbocycles. The summed E-state index contributed by atoms with van der Waals surface area (Å²) < 4.78 is 23.8. The molecule has 1 aromatic rings. The third kappa shape index (κ3) is 3.92. The van der Waals surface area contributed by atoms with Gasteiger partial charge in [0, 0.05) is 18.3 Å². The molecule has 0 radical (unpaired) electrons. The van der Waals surface area contributed by atoms with E-state index >= 15 is 0 Å². The molecular weight excluding hydrogens is 348 g/mol. The number of amides is 1. The number of sulfone groups is 1. The molecule has 0 spiro atoms. The van der Waals surface area contributed by atoms with Crippen molar-refractivity contribution in [2.45, 2.75) is 49.1 Å². The largest absolute Gasteiger partial charge is 0.349 e. The molecule has 1 aromatic carbocycles. The predicted molar refractivity (Wildman–Crippen MR) is 96.1 cm³/mol. The second kappa shape index (κ2) is 7.42. The molecule has 3 rings (SSSR count). The molecule has 2 aliphatic rings. The fourth-order valence-electron chi connectivity index (χ4n) is 4.23. The van der Waals surface area contributed by atoms with E-state index < -0.39 is 9.84 Å². The number of rotatable bonds is 3. The van der Waals surface area contributed by atoms with E-state index in [1.165, 1.54) is 12.5 Å². The SMILES string of the molecule is CS(=O)(=O)c1ccccc1C(=O)NC1C2CCCC1CC(N)C2.Cl. The van der Waals surface area contributed by atoms with Gasteiger partial charge in [-0.05, 0) is 49.7 Å². The van der Waals surface area contributed by atoms with Crippen molar-refractivity contribution in [1.82, 2.24) is 5.32 Å². The molecule has 0 heterocycles. The number of benzene rings is 1. The Bertz CT molecular complexity index is 694. The predicted octanol–water partition coefficient (Wildman–Crippen LogP) is 2.15. The molecule has 134 valence electrons. The van der Waals surface area contributed by atoms with Gasteiger partial charge in [0.15, 0.2) is 9.84 Å². The number of fused-ring (bicyclic) bond motifs is 2. The van der Waals surface area contributed by atoms with Crippen LogP contribution in [0.15, 0.2) is 29.2 Å². The highest BCUT2D eigenvalue weighted by atomic mass is 35.5. The molecule has 7 heteroatoms. The lowest BCUT2D eigenvalue weighted by molar-refractivity contribution is 0.0753. The maximum Gasteiger partial charge on any atom is 0.252 e. The minimum absolute atomic E-state index is 0. The van der Waals surface area contributed by atoms with Gasteiger partial charge in [0.2, 0.25) is 0 Å². The Morgan fingerprint density at radius 2 is 1.75 bits per heavy atom. The summed E-state index contributed by atoms with van der Waals surface area (Å²) in [5.74, 6) is 0.530. The third-order valence-corrected chi connectivity index (χ3v) is 6.36. The van der Waals surface area contributed by atoms with E-state index in [-0.39, 0.29) is 40.9 Å². The molecule has 2 bridgehead atoms. The first-order valence-corrected chi connectivity index (χ1v) is 10.1. The van der Waals surface area contributed by atoms with Crippen molar-refractivity contribution >= 4 is 28.2 Å². The second-order valence-electron chi connectivity index (χ2n) is 6.95. The van der Waals surface area contributed by atoms with Crippen molar-refractivity contribution in [2.75, 3.05) is 6.26 Å². The minimum Gasteiger partial charge on any atom is -0.349 e. The highest BCUT2D eigenvalue weighted by Crippen LogP contribution is 2.39. The van der Waals surface area contributed by atoms with Crippen LogP contribution >= 0.6 is 12.4 Å². The van der Waals surface area contributed by atoms with Crippen LogP contribution in [-0.2, 0) is 9.84 Å². The molecule has 2 fully saturated rings. The van der Waals surface area contributed by atoms with E-state index in [1.807, 2.05) is 0 Å². The normalized spacial score (nSPS) is 29.4. The molecule has 24 heavy (non-hydrogen) atoms. The van der Waals surface area contributed by atoms with Crippen molar-refractivity contribution in [3.05, 3.63) is 29.8 Å². The lowest BCUT2D eigenvalue weighted by atomic mass is 9.67. The van der Waals surface area contributed by atoms with Crippen molar-refractivity contribution in [1.29, 1.82) is 0 Å². The average molecular weight is 373 g/mol. The number of nitrogens with two attached hydrogens (primary N) is 1. The van der Waals surface area contributed by atoms with Crippen LogP contribution in [0.1, 0.15) is 42.5 Å². The summed E-state index contributed by atoms with van der Waals surface area (Å²) in [6.45, 7) is 0. The number of nitrogens with one attached hydrogen (secondary N) is 1. The number of hydrogen-bond acceptors (Lipinski definition) is 4. The van der Waals surface area contributed by atoms with E-state index in [0.717, 1.165) is 31.9 Å². The van der Waals surface area contributed by atoms with Crippen molar-refractivity contribution in [2.24, 2.45) is 17.6 Å². The molecular formula is C17H25ClN2O3S. The zero-order valence-electron chi connectivity index (χ0n) is 13.8. The zero-order chi connectivity index (χ0) is 16.6. The molecule has 0 saturated heterocycles. The Morgan fingerprint density at radius 1 is 1.17 bits per heavy atom. The maximum absolute atomic E-state index is 12.7.